The van der Waals surface area contributed by atoms with E-state index in [0.717, 1.165) is 0 Å². The van der Waals surface area contributed by atoms with E-state index in [1.165, 1.54) is 40.5 Å². The molecule has 2 heterocycles. The number of carbonyl (C=O) groups excluding carboxylic acids is 1. The van der Waals surface area contributed by atoms with Crippen LogP contribution in [0.2, 0.25) is 0 Å². The van der Waals surface area contributed by atoms with Crippen molar-refractivity contribution in [3.63, 3.8) is 0 Å². The highest BCUT2D eigenvalue weighted by Gasteiger charge is 2.23. The van der Waals surface area contributed by atoms with Gasteiger partial charge in [0.15, 0.2) is 15.0 Å². The number of rotatable bonds is 8. The summed E-state index contributed by atoms with van der Waals surface area (Å²) in [5.41, 5.74) is 0.855. The van der Waals surface area contributed by atoms with E-state index in [1.54, 1.807) is 37.6 Å². The number of anilines is 1. The van der Waals surface area contributed by atoms with Gasteiger partial charge in [-0.25, -0.2) is 22.8 Å². The average Bonchev–Trinajstić information content (AvgIpc) is 3.46. The smallest absolute Gasteiger partial charge is 0.260 e. The Labute approximate surface area is 189 Å². The van der Waals surface area contributed by atoms with Crippen LogP contribution in [0, 0.1) is 5.82 Å². The SMILES string of the molecule is CCS(=O)(=O)c1cccc(C(=O)N(CCCn2ccnc2)c2nc3ccc(F)cc3s2)c1. The van der Waals surface area contributed by atoms with Gasteiger partial charge in [-0.1, -0.05) is 24.3 Å². The summed E-state index contributed by atoms with van der Waals surface area (Å²) in [6, 6.07) is 10.3. The number of carbonyl (C=O) groups is 1. The molecule has 0 unspecified atom stereocenters. The number of fused-ring (bicyclic) bond motifs is 1. The highest BCUT2D eigenvalue weighted by molar-refractivity contribution is 7.91. The first-order chi connectivity index (χ1) is 15.4. The van der Waals surface area contributed by atoms with E-state index in [0.29, 0.717) is 34.9 Å². The van der Waals surface area contributed by atoms with Crippen molar-refractivity contribution in [2.45, 2.75) is 24.8 Å². The third-order valence-electron chi connectivity index (χ3n) is 4.99. The van der Waals surface area contributed by atoms with Crippen molar-refractivity contribution in [1.82, 2.24) is 14.5 Å². The lowest BCUT2D eigenvalue weighted by Gasteiger charge is -2.20. The molecule has 0 aliphatic heterocycles. The summed E-state index contributed by atoms with van der Waals surface area (Å²) in [7, 11) is -3.45. The Morgan fingerprint density at radius 2 is 2.06 bits per heavy atom. The molecule has 0 spiro atoms. The highest BCUT2D eigenvalue weighted by Crippen LogP contribution is 2.30. The van der Waals surface area contributed by atoms with E-state index in [-0.39, 0.29) is 27.9 Å². The maximum atomic E-state index is 13.7. The zero-order valence-electron chi connectivity index (χ0n) is 17.3. The summed E-state index contributed by atoms with van der Waals surface area (Å²) in [5.74, 6) is -0.783. The second-order valence-electron chi connectivity index (χ2n) is 7.15. The normalized spacial score (nSPS) is 11.7. The van der Waals surface area contributed by atoms with Crippen LogP contribution >= 0.6 is 11.3 Å². The molecule has 10 heteroatoms. The van der Waals surface area contributed by atoms with Gasteiger partial charge >= 0.3 is 0 Å². The van der Waals surface area contributed by atoms with E-state index in [9.17, 15) is 17.6 Å². The maximum absolute atomic E-state index is 13.7. The minimum absolute atomic E-state index is 0.0529. The molecular weight excluding hydrogens is 451 g/mol. The predicted molar refractivity (Wildman–Crippen MR) is 122 cm³/mol. The lowest BCUT2D eigenvalue weighted by Crippen LogP contribution is -2.32. The van der Waals surface area contributed by atoms with Gasteiger partial charge in [0.05, 0.1) is 27.2 Å². The van der Waals surface area contributed by atoms with E-state index >= 15 is 0 Å². The zero-order valence-corrected chi connectivity index (χ0v) is 18.9. The van der Waals surface area contributed by atoms with Crippen LogP contribution in [0.5, 0.6) is 0 Å². The first kappa shape index (κ1) is 22.1. The van der Waals surface area contributed by atoms with Crippen molar-refractivity contribution in [3.05, 3.63) is 72.6 Å². The van der Waals surface area contributed by atoms with Crippen molar-refractivity contribution < 1.29 is 17.6 Å². The zero-order chi connectivity index (χ0) is 22.7. The molecule has 2 aromatic carbocycles. The fraction of sp³-hybridized carbons (Fsp3) is 0.227. The quantitative estimate of drug-likeness (QED) is 0.384. The summed E-state index contributed by atoms with van der Waals surface area (Å²) in [6.45, 7) is 2.56. The number of imidazole rings is 1. The Hall–Kier alpha value is -3.11. The van der Waals surface area contributed by atoms with Gasteiger partial charge in [-0.2, -0.15) is 0 Å². The van der Waals surface area contributed by atoms with E-state index in [1.807, 2.05) is 10.8 Å². The Morgan fingerprint density at radius 3 is 2.81 bits per heavy atom. The molecule has 4 aromatic rings. The second kappa shape index (κ2) is 9.17. The van der Waals surface area contributed by atoms with E-state index < -0.39 is 9.84 Å². The third kappa shape index (κ3) is 4.71. The molecule has 0 saturated carbocycles. The number of aryl methyl sites for hydroxylation is 1. The number of amides is 1. The first-order valence-corrected chi connectivity index (χ1v) is 12.5. The van der Waals surface area contributed by atoms with Crippen LogP contribution in [0.1, 0.15) is 23.7 Å². The number of hydrogen-bond donors (Lipinski definition) is 0. The van der Waals surface area contributed by atoms with Crippen molar-refractivity contribution in [2.75, 3.05) is 17.2 Å². The molecule has 0 atom stereocenters. The average molecular weight is 473 g/mol. The lowest BCUT2D eigenvalue weighted by molar-refractivity contribution is 0.0986. The lowest BCUT2D eigenvalue weighted by atomic mass is 10.2. The van der Waals surface area contributed by atoms with Gasteiger partial charge in [0, 0.05) is 31.0 Å². The number of aromatic nitrogens is 3. The summed E-state index contributed by atoms with van der Waals surface area (Å²) in [4.78, 5) is 23.6. The van der Waals surface area contributed by atoms with Crippen molar-refractivity contribution in [2.24, 2.45) is 0 Å². The molecule has 0 aliphatic rings. The topological polar surface area (TPSA) is 85.2 Å². The number of sulfone groups is 1. The van der Waals surface area contributed by atoms with Gasteiger partial charge in [-0.05, 0) is 42.8 Å². The van der Waals surface area contributed by atoms with Crippen LogP contribution in [0.3, 0.4) is 0 Å². The largest absolute Gasteiger partial charge is 0.337 e. The van der Waals surface area contributed by atoms with Gasteiger partial charge in [0.2, 0.25) is 0 Å². The van der Waals surface area contributed by atoms with Crippen molar-refractivity contribution in [1.29, 1.82) is 0 Å². The number of halogens is 1. The fourth-order valence-electron chi connectivity index (χ4n) is 3.26. The Kier molecular flexibility index (Phi) is 6.33. The maximum Gasteiger partial charge on any atom is 0.260 e. The number of benzene rings is 2. The second-order valence-corrected chi connectivity index (χ2v) is 10.4. The minimum Gasteiger partial charge on any atom is -0.337 e. The molecule has 0 radical (unpaired) electrons. The molecule has 0 aliphatic carbocycles. The molecule has 0 bridgehead atoms. The van der Waals surface area contributed by atoms with E-state index in [4.69, 9.17) is 0 Å². The predicted octanol–water partition coefficient (Wildman–Crippen LogP) is 4.16. The summed E-state index contributed by atoms with van der Waals surface area (Å²) in [5, 5.41) is 0.435. The Bertz CT molecular complexity index is 1350. The summed E-state index contributed by atoms with van der Waals surface area (Å²) < 4.78 is 40.8. The van der Waals surface area contributed by atoms with Gasteiger partial charge < -0.3 is 4.57 Å². The minimum atomic E-state index is -3.45. The van der Waals surface area contributed by atoms with Crippen LogP contribution in [0.15, 0.2) is 66.1 Å². The van der Waals surface area contributed by atoms with Crippen LogP contribution < -0.4 is 4.90 Å². The summed E-state index contributed by atoms with van der Waals surface area (Å²) >= 11 is 1.22. The number of hydrogen-bond acceptors (Lipinski definition) is 6. The molecule has 4 rings (SSSR count). The molecule has 0 N–H and O–H groups in total. The van der Waals surface area contributed by atoms with Gasteiger partial charge in [0.1, 0.15) is 5.82 Å². The van der Waals surface area contributed by atoms with Crippen LogP contribution in [0.4, 0.5) is 9.52 Å². The molecular formula is C22H21FN4O3S2. The number of nitrogens with zero attached hydrogens (tertiary/aromatic N) is 4. The standard InChI is InChI=1S/C22H21FN4O3S2/c1-2-32(29,30)18-6-3-5-16(13-18)21(28)27(11-4-10-26-12-9-24-15-26)22-25-19-8-7-17(23)14-20(19)31-22/h3,5-9,12-15H,2,4,10-11H2,1H3. The van der Waals surface area contributed by atoms with Gasteiger partial charge in [-0.3, -0.25) is 9.69 Å². The Morgan fingerprint density at radius 1 is 1.22 bits per heavy atom. The number of thiazole rings is 1. The van der Waals surface area contributed by atoms with E-state index in [2.05, 4.69) is 9.97 Å². The summed E-state index contributed by atoms with van der Waals surface area (Å²) in [6.07, 6.45) is 5.85. The molecule has 7 nitrogen and oxygen atoms in total. The van der Waals surface area contributed by atoms with Crippen LogP contribution in [-0.4, -0.2) is 41.2 Å². The van der Waals surface area contributed by atoms with Gasteiger partial charge in [-0.15, -0.1) is 0 Å². The van der Waals surface area contributed by atoms with Crippen molar-refractivity contribution in [3.8, 4) is 0 Å². The van der Waals surface area contributed by atoms with Crippen molar-refractivity contribution >= 4 is 42.4 Å². The molecule has 32 heavy (non-hydrogen) atoms. The first-order valence-electron chi connectivity index (χ1n) is 10.0. The molecule has 0 fully saturated rings. The fourth-order valence-corrected chi connectivity index (χ4v) is 5.20. The molecule has 166 valence electrons. The molecule has 1 amide bonds. The monoisotopic (exact) mass is 472 g/mol. The molecule has 0 saturated heterocycles. The van der Waals surface area contributed by atoms with Crippen LogP contribution in [-0.2, 0) is 16.4 Å². The third-order valence-corrected chi connectivity index (χ3v) is 7.77. The van der Waals surface area contributed by atoms with Gasteiger partial charge in [0.25, 0.3) is 5.91 Å². The Balaban J connectivity index is 1.67. The molecule has 2 aromatic heterocycles. The van der Waals surface area contributed by atoms with Crippen LogP contribution in [0.25, 0.3) is 10.2 Å². The highest BCUT2D eigenvalue weighted by atomic mass is 32.2.